The Kier molecular flexibility index (Phi) is 10.5. The number of ether oxygens (including phenoxy) is 5. The van der Waals surface area contributed by atoms with Crippen LogP contribution in [0, 0.1) is 11.8 Å². The molecule has 0 amide bonds. The molecule has 3 heterocycles. The molecule has 40 heavy (non-hydrogen) atoms. The largest absolute Gasteiger partial charge is 0.394 e. The van der Waals surface area contributed by atoms with Crippen LogP contribution in [-0.4, -0.2) is 93.2 Å². The second kappa shape index (κ2) is 13.3. The summed E-state index contributed by atoms with van der Waals surface area (Å²) < 4.78 is 57.8. The molecule has 9 nitrogen and oxygen atoms in total. The van der Waals surface area contributed by atoms with Gasteiger partial charge in [-0.15, -0.1) is 0 Å². The van der Waals surface area contributed by atoms with Crippen molar-refractivity contribution in [3.05, 3.63) is 42.5 Å². The molecule has 1 aromatic carbocycles. The van der Waals surface area contributed by atoms with Crippen molar-refractivity contribution in [2.24, 2.45) is 11.8 Å². The summed E-state index contributed by atoms with van der Waals surface area (Å²) in [5.74, 6) is -1.03. The van der Waals surface area contributed by atoms with Crippen LogP contribution in [0.2, 0.25) is 0 Å². The van der Waals surface area contributed by atoms with Crippen molar-refractivity contribution in [2.75, 3.05) is 26.1 Å². The average molecular weight is 583 g/mol. The number of aliphatic hydroxyl groups is 2. The zero-order valence-corrected chi connectivity index (χ0v) is 24.9. The number of aliphatic hydroxyl groups excluding tert-OH is 2. The molecular weight excluding hydrogens is 536 g/mol. The van der Waals surface area contributed by atoms with Gasteiger partial charge in [0.2, 0.25) is 0 Å². The molecule has 226 valence electrons. The second-order valence-corrected chi connectivity index (χ2v) is 14.0. The van der Waals surface area contributed by atoms with Gasteiger partial charge in [0.05, 0.1) is 66.6 Å². The third-order valence-corrected chi connectivity index (χ3v) is 10.3. The highest BCUT2D eigenvalue weighted by molar-refractivity contribution is 7.91. The SMILES string of the molecule is C=C1C(C[C@@H]2O[C@H](CC3COC(C)(C)O3)[C@H](OC)[C@H]2CS(=O)(=O)c2ccccc2)OC(CCC(O)CO)C[C@H]1C. The summed E-state index contributed by atoms with van der Waals surface area (Å²) in [6, 6.07) is 8.47. The number of hydrogen-bond acceptors (Lipinski definition) is 9. The quantitative estimate of drug-likeness (QED) is 0.358. The predicted molar refractivity (Wildman–Crippen MR) is 149 cm³/mol. The molecule has 2 N–H and O–H groups in total. The molecule has 3 fully saturated rings. The molecule has 0 saturated carbocycles. The zero-order valence-electron chi connectivity index (χ0n) is 24.1. The highest BCUT2D eigenvalue weighted by atomic mass is 32.2. The van der Waals surface area contributed by atoms with Gasteiger partial charge in [0.25, 0.3) is 0 Å². The lowest BCUT2D eigenvalue weighted by molar-refractivity contribution is -0.144. The first-order chi connectivity index (χ1) is 18.9. The van der Waals surface area contributed by atoms with Crippen molar-refractivity contribution in [2.45, 2.75) is 106 Å². The van der Waals surface area contributed by atoms with Gasteiger partial charge in [-0.25, -0.2) is 8.42 Å². The Morgan fingerprint density at radius 2 is 1.85 bits per heavy atom. The Labute approximate surface area is 238 Å². The predicted octanol–water partition coefficient (Wildman–Crippen LogP) is 3.27. The van der Waals surface area contributed by atoms with Crippen LogP contribution in [0.25, 0.3) is 0 Å². The third kappa shape index (κ3) is 7.72. The summed E-state index contributed by atoms with van der Waals surface area (Å²) in [7, 11) is -2.02. The second-order valence-electron chi connectivity index (χ2n) is 12.0. The van der Waals surface area contributed by atoms with Gasteiger partial charge in [0.15, 0.2) is 15.6 Å². The first-order valence-corrected chi connectivity index (χ1v) is 16.0. The molecule has 4 rings (SSSR count). The molecule has 3 aliphatic rings. The lowest BCUT2D eigenvalue weighted by Crippen LogP contribution is -2.40. The van der Waals surface area contributed by atoms with Crippen molar-refractivity contribution < 1.29 is 42.3 Å². The normalized spacial score (nSPS) is 35.2. The van der Waals surface area contributed by atoms with Crippen LogP contribution in [0.3, 0.4) is 0 Å². The molecule has 0 spiro atoms. The minimum absolute atomic E-state index is 0.0973. The fraction of sp³-hybridized carbons (Fsp3) is 0.733. The van der Waals surface area contributed by atoms with E-state index in [4.69, 9.17) is 23.7 Å². The van der Waals surface area contributed by atoms with Crippen molar-refractivity contribution in [1.29, 1.82) is 0 Å². The Morgan fingerprint density at radius 3 is 2.48 bits per heavy atom. The maximum absolute atomic E-state index is 13.5. The summed E-state index contributed by atoms with van der Waals surface area (Å²) in [6.45, 7) is 10.3. The molecule has 9 atom stereocenters. The Hall–Kier alpha value is -1.37. The fourth-order valence-corrected chi connectivity index (χ4v) is 7.94. The number of hydrogen-bond donors (Lipinski definition) is 2. The first-order valence-electron chi connectivity index (χ1n) is 14.3. The van der Waals surface area contributed by atoms with Gasteiger partial charge in [0.1, 0.15) is 0 Å². The van der Waals surface area contributed by atoms with E-state index in [1.165, 1.54) is 0 Å². The van der Waals surface area contributed by atoms with Crippen molar-refractivity contribution >= 4 is 9.84 Å². The van der Waals surface area contributed by atoms with Gasteiger partial charge < -0.3 is 33.9 Å². The maximum Gasteiger partial charge on any atom is 0.178 e. The minimum atomic E-state index is -3.62. The number of rotatable bonds is 12. The Bertz CT molecular complexity index is 1080. The average Bonchev–Trinajstić information content (AvgIpc) is 3.42. The standard InChI is InChI=1S/C30H46O9S/c1-19-13-22(12-11-21(32)16-31)37-26(20(19)2)15-27-25(18-40(33,34)24-9-7-6-8-10-24)29(35-5)28(38-27)14-23-17-36-30(3,4)39-23/h6-10,19,21-23,25-29,31-32H,2,11-18H2,1,3-5H3/t19-,21?,22?,23?,25+,26?,27+,28-,29-/m1/s1. The van der Waals surface area contributed by atoms with Crippen molar-refractivity contribution in [1.82, 2.24) is 0 Å². The number of benzene rings is 1. The first kappa shape index (κ1) is 31.6. The summed E-state index contributed by atoms with van der Waals surface area (Å²) in [5.41, 5.74) is 0.957. The summed E-state index contributed by atoms with van der Waals surface area (Å²) in [6.07, 6.45) is 0.138. The molecule has 0 aliphatic carbocycles. The van der Waals surface area contributed by atoms with E-state index in [9.17, 15) is 18.6 Å². The lowest BCUT2D eigenvalue weighted by atomic mass is 9.83. The summed E-state index contributed by atoms with van der Waals surface area (Å²) in [5, 5.41) is 19.0. The summed E-state index contributed by atoms with van der Waals surface area (Å²) >= 11 is 0. The van der Waals surface area contributed by atoms with Crippen LogP contribution in [-0.2, 0) is 33.5 Å². The molecule has 0 bridgehead atoms. The van der Waals surface area contributed by atoms with E-state index in [-0.39, 0.29) is 47.6 Å². The lowest BCUT2D eigenvalue weighted by Gasteiger charge is -2.38. The van der Waals surface area contributed by atoms with E-state index < -0.39 is 39.9 Å². The van der Waals surface area contributed by atoms with Gasteiger partial charge in [-0.2, -0.15) is 0 Å². The van der Waals surface area contributed by atoms with Crippen LogP contribution in [0.1, 0.15) is 52.9 Å². The van der Waals surface area contributed by atoms with Crippen LogP contribution >= 0.6 is 0 Å². The zero-order chi connectivity index (χ0) is 29.1. The Balaban J connectivity index is 1.54. The molecule has 1 aromatic rings. The topological polar surface area (TPSA) is 121 Å². The van der Waals surface area contributed by atoms with Gasteiger partial charge in [-0.3, -0.25) is 0 Å². The molecule has 0 aromatic heterocycles. The van der Waals surface area contributed by atoms with E-state index in [0.717, 1.165) is 12.0 Å². The third-order valence-electron chi connectivity index (χ3n) is 8.46. The van der Waals surface area contributed by atoms with E-state index in [1.54, 1.807) is 37.4 Å². The van der Waals surface area contributed by atoms with Gasteiger partial charge >= 0.3 is 0 Å². The van der Waals surface area contributed by atoms with Crippen LogP contribution < -0.4 is 0 Å². The molecule has 4 unspecified atom stereocenters. The molecule has 10 heteroatoms. The van der Waals surface area contributed by atoms with Crippen LogP contribution in [0.15, 0.2) is 47.4 Å². The Morgan fingerprint density at radius 1 is 1.12 bits per heavy atom. The van der Waals surface area contributed by atoms with E-state index in [2.05, 4.69) is 13.5 Å². The molecule has 3 saturated heterocycles. The van der Waals surface area contributed by atoms with Crippen molar-refractivity contribution in [3.63, 3.8) is 0 Å². The van der Waals surface area contributed by atoms with E-state index >= 15 is 0 Å². The molecular formula is C30H46O9S. The van der Waals surface area contributed by atoms with E-state index in [0.29, 0.717) is 32.3 Å². The van der Waals surface area contributed by atoms with Crippen LogP contribution in [0.5, 0.6) is 0 Å². The smallest absolute Gasteiger partial charge is 0.178 e. The van der Waals surface area contributed by atoms with Gasteiger partial charge in [-0.05, 0) is 56.7 Å². The highest BCUT2D eigenvalue weighted by Gasteiger charge is 2.50. The molecule has 3 aliphatic heterocycles. The highest BCUT2D eigenvalue weighted by Crippen LogP contribution is 2.41. The fourth-order valence-electron chi connectivity index (χ4n) is 6.27. The van der Waals surface area contributed by atoms with Crippen LogP contribution in [0.4, 0.5) is 0 Å². The number of sulfone groups is 1. The van der Waals surface area contributed by atoms with Gasteiger partial charge in [-0.1, -0.05) is 31.7 Å². The van der Waals surface area contributed by atoms with Crippen molar-refractivity contribution in [3.8, 4) is 0 Å². The number of methoxy groups -OCH3 is 1. The molecule has 0 radical (unpaired) electrons. The van der Waals surface area contributed by atoms with Gasteiger partial charge in [0, 0.05) is 25.9 Å². The minimum Gasteiger partial charge on any atom is -0.394 e. The summed E-state index contributed by atoms with van der Waals surface area (Å²) in [4.78, 5) is 0.274. The van der Waals surface area contributed by atoms with E-state index in [1.807, 2.05) is 13.8 Å². The maximum atomic E-state index is 13.5. The monoisotopic (exact) mass is 582 g/mol.